The lowest BCUT2D eigenvalue weighted by molar-refractivity contribution is -0.117. The number of aromatic amines is 1. The van der Waals surface area contributed by atoms with E-state index in [9.17, 15) is 14.3 Å². The van der Waals surface area contributed by atoms with Gasteiger partial charge >= 0.3 is 0 Å². The number of nitrogens with one attached hydrogen (secondary N) is 3. The molecule has 3 aromatic rings. The molecule has 7 nitrogen and oxygen atoms in total. The number of aliphatic hydroxyl groups excluding tert-OH is 1. The number of benzene rings is 1. The van der Waals surface area contributed by atoms with Crippen LogP contribution in [0, 0.1) is 12.7 Å². The van der Waals surface area contributed by atoms with E-state index < -0.39 is 18.0 Å². The maximum absolute atomic E-state index is 14.3. The molecule has 1 aromatic carbocycles. The van der Waals surface area contributed by atoms with E-state index in [2.05, 4.69) is 25.6 Å². The lowest BCUT2D eigenvalue weighted by atomic mass is 10.1. The predicted octanol–water partition coefficient (Wildman–Crippen LogP) is 1.73. The standard InChI is InChI=1S/C18H18FN5O2/c1-9-4-14-17(21-7-9)24-16(23-14)12-5-10(2-3-13(12)19)22-18(26)15-6-11(25)8-20-15/h2-5,7,11,15,20,25H,6,8H2,1H3,(H,22,26)(H,21,23,24)/t11-,15-/m1/s1. The van der Waals surface area contributed by atoms with Gasteiger partial charge in [0.2, 0.25) is 5.91 Å². The summed E-state index contributed by atoms with van der Waals surface area (Å²) in [6, 6.07) is 5.74. The monoisotopic (exact) mass is 355 g/mol. The van der Waals surface area contributed by atoms with E-state index in [0.29, 0.717) is 30.1 Å². The van der Waals surface area contributed by atoms with Gasteiger partial charge in [0, 0.05) is 18.4 Å². The van der Waals surface area contributed by atoms with E-state index in [4.69, 9.17) is 0 Å². The fourth-order valence-corrected chi connectivity index (χ4v) is 3.06. The van der Waals surface area contributed by atoms with Gasteiger partial charge in [0.05, 0.1) is 23.2 Å². The largest absolute Gasteiger partial charge is 0.392 e. The second-order valence-electron chi connectivity index (χ2n) is 6.50. The molecule has 3 heterocycles. The van der Waals surface area contributed by atoms with Gasteiger partial charge in [-0.25, -0.2) is 14.4 Å². The first-order chi connectivity index (χ1) is 12.5. The molecule has 1 fully saturated rings. The normalized spacial score (nSPS) is 19.8. The number of anilines is 1. The van der Waals surface area contributed by atoms with Crippen LogP contribution < -0.4 is 10.6 Å². The van der Waals surface area contributed by atoms with Crippen molar-refractivity contribution in [1.82, 2.24) is 20.3 Å². The van der Waals surface area contributed by atoms with Gasteiger partial charge in [0.15, 0.2) is 5.65 Å². The number of H-pyrrole nitrogens is 1. The van der Waals surface area contributed by atoms with E-state index in [1.807, 2.05) is 13.0 Å². The molecule has 26 heavy (non-hydrogen) atoms. The third-order valence-corrected chi connectivity index (χ3v) is 4.39. The first-order valence-corrected chi connectivity index (χ1v) is 8.34. The van der Waals surface area contributed by atoms with E-state index in [1.54, 1.807) is 6.20 Å². The number of aromatic nitrogens is 3. The minimum Gasteiger partial charge on any atom is -0.392 e. The minimum atomic E-state index is -0.527. The summed E-state index contributed by atoms with van der Waals surface area (Å²) in [7, 11) is 0. The van der Waals surface area contributed by atoms with Crippen molar-refractivity contribution >= 4 is 22.8 Å². The number of carbonyl (C=O) groups is 1. The van der Waals surface area contributed by atoms with Crippen LogP contribution in [0.5, 0.6) is 0 Å². The summed E-state index contributed by atoms with van der Waals surface area (Å²) in [6.07, 6.45) is 1.53. The second-order valence-corrected chi connectivity index (χ2v) is 6.50. The second kappa shape index (κ2) is 6.47. The summed E-state index contributed by atoms with van der Waals surface area (Å²) in [5, 5.41) is 15.2. The maximum Gasteiger partial charge on any atom is 0.241 e. The van der Waals surface area contributed by atoms with E-state index in [0.717, 1.165) is 11.1 Å². The minimum absolute atomic E-state index is 0.248. The molecule has 0 saturated carbocycles. The molecule has 4 rings (SSSR count). The predicted molar refractivity (Wildman–Crippen MR) is 95.1 cm³/mol. The van der Waals surface area contributed by atoms with Gasteiger partial charge in [-0.15, -0.1) is 0 Å². The molecular formula is C18H18FN5O2. The molecule has 0 unspecified atom stereocenters. The van der Waals surface area contributed by atoms with Crippen molar-refractivity contribution in [3.05, 3.63) is 41.8 Å². The SMILES string of the molecule is Cc1cnc2nc(-c3cc(NC(=O)[C@H]4C[C@@H](O)CN4)ccc3F)[nH]c2c1. The quantitative estimate of drug-likeness (QED) is 0.573. The van der Waals surface area contributed by atoms with Gasteiger partial charge in [-0.1, -0.05) is 0 Å². The number of aryl methyl sites for hydroxylation is 1. The Bertz CT molecular complexity index is 987. The summed E-state index contributed by atoms with van der Waals surface area (Å²) in [5.41, 5.74) is 2.90. The molecule has 0 bridgehead atoms. The highest BCUT2D eigenvalue weighted by atomic mass is 19.1. The zero-order valence-corrected chi connectivity index (χ0v) is 14.1. The number of imidazole rings is 1. The Morgan fingerprint density at radius 3 is 3.00 bits per heavy atom. The van der Waals surface area contributed by atoms with Crippen LogP contribution in [-0.2, 0) is 4.79 Å². The fraction of sp³-hybridized carbons (Fsp3) is 0.278. The van der Waals surface area contributed by atoms with E-state index in [1.165, 1.54) is 18.2 Å². The van der Waals surface area contributed by atoms with Crippen molar-refractivity contribution in [1.29, 1.82) is 0 Å². The number of β-amino-alcohol motifs (C(OH)–C–C–N with tert-alkyl or cyclic N) is 1. The van der Waals surface area contributed by atoms with Gasteiger partial charge in [0.1, 0.15) is 11.6 Å². The number of pyridine rings is 1. The molecule has 1 saturated heterocycles. The molecular weight excluding hydrogens is 337 g/mol. The van der Waals surface area contributed by atoms with E-state index in [-0.39, 0.29) is 11.5 Å². The van der Waals surface area contributed by atoms with Gasteiger partial charge in [-0.2, -0.15) is 0 Å². The van der Waals surface area contributed by atoms with Crippen molar-refractivity contribution in [2.24, 2.45) is 0 Å². The van der Waals surface area contributed by atoms with Crippen LogP contribution in [0.15, 0.2) is 30.5 Å². The molecule has 0 radical (unpaired) electrons. The smallest absolute Gasteiger partial charge is 0.241 e. The number of nitrogens with zero attached hydrogens (tertiary/aromatic N) is 2. The molecule has 0 aliphatic carbocycles. The fourth-order valence-electron chi connectivity index (χ4n) is 3.06. The van der Waals surface area contributed by atoms with Crippen molar-refractivity contribution in [2.45, 2.75) is 25.5 Å². The lowest BCUT2D eigenvalue weighted by Crippen LogP contribution is -2.35. The number of hydrogen-bond donors (Lipinski definition) is 4. The Morgan fingerprint density at radius 2 is 2.23 bits per heavy atom. The van der Waals surface area contributed by atoms with Crippen LogP contribution in [0.25, 0.3) is 22.6 Å². The molecule has 4 N–H and O–H groups in total. The van der Waals surface area contributed by atoms with Gasteiger partial charge in [0.25, 0.3) is 0 Å². The Morgan fingerprint density at radius 1 is 1.38 bits per heavy atom. The number of rotatable bonds is 3. The number of aliphatic hydroxyl groups is 1. The lowest BCUT2D eigenvalue weighted by Gasteiger charge is -2.12. The Labute approximate surface area is 148 Å². The first-order valence-electron chi connectivity index (χ1n) is 8.34. The first kappa shape index (κ1) is 16.6. The van der Waals surface area contributed by atoms with Gasteiger partial charge in [-0.3, -0.25) is 4.79 Å². The van der Waals surface area contributed by atoms with Gasteiger partial charge in [-0.05, 0) is 43.2 Å². The summed E-state index contributed by atoms with van der Waals surface area (Å²) >= 11 is 0. The van der Waals surface area contributed by atoms with Crippen LogP contribution in [-0.4, -0.2) is 44.7 Å². The highest BCUT2D eigenvalue weighted by Gasteiger charge is 2.28. The third-order valence-electron chi connectivity index (χ3n) is 4.39. The summed E-state index contributed by atoms with van der Waals surface area (Å²) in [4.78, 5) is 23.9. The van der Waals surface area contributed by atoms with Crippen LogP contribution in [0.3, 0.4) is 0 Å². The molecule has 1 aliphatic heterocycles. The highest BCUT2D eigenvalue weighted by Crippen LogP contribution is 2.26. The molecule has 134 valence electrons. The number of halogens is 1. The molecule has 1 amide bonds. The summed E-state index contributed by atoms with van der Waals surface area (Å²) in [6.45, 7) is 2.30. The molecule has 2 atom stereocenters. The van der Waals surface area contributed by atoms with Crippen LogP contribution in [0.4, 0.5) is 10.1 Å². The van der Waals surface area contributed by atoms with Crippen molar-refractivity contribution in [2.75, 3.05) is 11.9 Å². The third kappa shape index (κ3) is 3.16. The van der Waals surface area contributed by atoms with Gasteiger partial charge < -0.3 is 20.7 Å². The van der Waals surface area contributed by atoms with Crippen molar-refractivity contribution < 1.29 is 14.3 Å². The highest BCUT2D eigenvalue weighted by molar-refractivity contribution is 5.95. The molecule has 2 aromatic heterocycles. The van der Waals surface area contributed by atoms with Crippen molar-refractivity contribution in [3.63, 3.8) is 0 Å². The molecule has 1 aliphatic rings. The average Bonchev–Trinajstić information content (AvgIpc) is 3.22. The zero-order chi connectivity index (χ0) is 18.3. The Hall–Kier alpha value is -2.84. The number of hydrogen-bond acceptors (Lipinski definition) is 5. The zero-order valence-electron chi connectivity index (χ0n) is 14.1. The number of fused-ring (bicyclic) bond motifs is 1. The number of amides is 1. The van der Waals surface area contributed by atoms with Crippen molar-refractivity contribution in [3.8, 4) is 11.4 Å². The van der Waals surface area contributed by atoms with Crippen LogP contribution >= 0.6 is 0 Å². The summed E-state index contributed by atoms with van der Waals surface area (Å²) in [5.74, 6) is -0.365. The molecule has 8 heteroatoms. The van der Waals surface area contributed by atoms with E-state index >= 15 is 0 Å². The number of carbonyl (C=O) groups excluding carboxylic acids is 1. The Kier molecular flexibility index (Phi) is 4.14. The maximum atomic E-state index is 14.3. The Balaban J connectivity index is 1.62. The molecule has 0 spiro atoms. The van der Waals surface area contributed by atoms with Crippen LogP contribution in [0.1, 0.15) is 12.0 Å². The topological polar surface area (TPSA) is 103 Å². The van der Waals surface area contributed by atoms with Crippen LogP contribution in [0.2, 0.25) is 0 Å². The summed E-state index contributed by atoms with van der Waals surface area (Å²) < 4.78 is 14.3. The average molecular weight is 355 g/mol.